The average Bonchev–Trinajstić information content (AvgIpc) is 3.21. The summed E-state index contributed by atoms with van der Waals surface area (Å²) in [7, 11) is 0. The second kappa shape index (κ2) is 7.42. The fraction of sp³-hybridized carbons (Fsp3) is 0.417. The monoisotopic (exact) mass is 376 g/mol. The lowest BCUT2D eigenvalue weighted by atomic mass is 9.81. The Bertz CT molecular complexity index is 901. The minimum absolute atomic E-state index is 0.00212. The van der Waals surface area contributed by atoms with Gasteiger partial charge in [-0.3, -0.25) is 9.59 Å². The lowest BCUT2D eigenvalue weighted by Crippen LogP contribution is -2.64. The minimum atomic E-state index is -0.858. The van der Waals surface area contributed by atoms with Crippen molar-refractivity contribution in [3.63, 3.8) is 0 Å². The lowest BCUT2D eigenvalue weighted by molar-refractivity contribution is -0.133. The van der Waals surface area contributed by atoms with Crippen LogP contribution in [0.15, 0.2) is 48.5 Å². The molecule has 28 heavy (non-hydrogen) atoms. The van der Waals surface area contributed by atoms with Crippen LogP contribution in [-0.2, 0) is 17.8 Å². The Morgan fingerprint density at radius 1 is 1.11 bits per heavy atom. The van der Waals surface area contributed by atoms with E-state index in [1.165, 1.54) is 0 Å². The Labute approximate surface area is 166 Å². The number of benzene rings is 2. The molecule has 146 valence electrons. The van der Waals surface area contributed by atoms with Crippen LogP contribution < -0.4 is 5.32 Å². The van der Waals surface area contributed by atoms with Gasteiger partial charge >= 0.3 is 0 Å². The molecule has 1 unspecified atom stereocenters. The number of hydrogen-bond acceptors (Lipinski definition) is 2. The molecule has 0 aromatic heterocycles. The Morgan fingerprint density at radius 2 is 1.79 bits per heavy atom. The summed E-state index contributed by atoms with van der Waals surface area (Å²) in [6.45, 7) is 4.47. The molecule has 4 nitrogen and oxygen atoms in total. The van der Waals surface area contributed by atoms with Crippen molar-refractivity contribution < 1.29 is 9.59 Å². The maximum atomic E-state index is 13.4. The van der Waals surface area contributed by atoms with Crippen molar-refractivity contribution in [1.82, 2.24) is 10.2 Å². The molecule has 2 aromatic rings. The molecule has 1 atom stereocenters. The van der Waals surface area contributed by atoms with Crippen LogP contribution in [0.2, 0.25) is 0 Å². The quantitative estimate of drug-likeness (QED) is 0.876. The first kappa shape index (κ1) is 18.7. The van der Waals surface area contributed by atoms with Crippen LogP contribution in [0.25, 0.3) is 0 Å². The normalized spacial score (nSPS) is 22.2. The molecule has 1 fully saturated rings. The van der Waals surface area contributed by atoms with Crippen LogP contribution in [0.1, 0.15) is 59.7 Å². The highest BCUT2D eigenvalue weighted by Gasteiger charge is 2.49. The fourth-order valence-corrected chi connectivity index (χ4v) is 4.79. The molecular formula is C24H28N2O2. The van der Waals surface area contributed by atoms with E-state index in [9.17, 15) is 9.59 Å². The van der Waals surface area contributed by atoms with Crippen molar-refractivity contribution in [1.29, 1.82) is 0 Å². The zero-order valence-corrected chi connectivity index (χ0v) is 16.7. The molecule has 4 heteroatoms. The number of aryl methyl sites for hydroxylation is 1. The average molecular weight is 377 g/mol. The smallest absolute Gasteiger partial charge is 0.255 e. The van der Waals surface area contributed by atoms with Crippen molar-refractivity contribution in [2.45, 2.75) is 64.1 Å². The molecule has 1 aliphatic carbocycles. The zero-order valence-electron chi connectivity index (χ0n) is 16.7. The standard InChI is InChI=1S/C24H28N2O2/c1-17-9-3-4-11-19(17)16-25-23(28)24(2)15-18-10-5-8-14-21(18)22(27)26(24)20-12-6-7-13-20/h3-5,8-11,14,20H,6-7,12-13,15-16H2,1-2H3,(H,25,28). The van der Waals surface area contributed by atoms with Crippen molar-refractivity contribution in [3.8, 4) is 0 Å². The number of rotatable bonds is 4. The van der Waals surface area contributed by atoms with E-state index in [1.54, 1.807) is 0 Å². The molecule has 0 bridgehead atoms. The van der Waals surface area contributed by atoms with Gasteiger partial charge in [0.1, 0.15) is 5.54 Å². The summed E-state index contributed by atoms with van der Waals surface area (Å²) in [4.78, 5) is 28.7. The Morgan fingerprint density at radius 3 is 2.54 bits per heavy atom. The maximum absolute atomic E-state index is 13.4. The third-order valence-electron chi connectivity index (χ3n) is 6.41. The van der Waals surface area contributed by atoms with Crippen molar-refractivity contribution in [2.75, 3.05) is 0 Å². The van der Waals surface area contributed by atoms with E-state index in [4.69, 9.17) is 0 Å². The van der Waals surface area contributed by atoms with Crippen LogP contribution in [0.4, 0.5) is 0 Å². The summed E-state index contributed by atoms with van der Waals surface area (Å²) in [5.74, 6) is -0.0622. The topological polar surface area (TPSA) is 49.4 Å². The molecule has 2 aromatic carbocycles. The summed E-state index contributed by atoms with van der Waals surface area (Å²) >= 11 is 0. The van der Waals surface area contributed by atoms with E-state index in [0.29, 0.717) is 13.0 Å². The second-order valence-electron chi connectivity index (χ2n) is 8.33. The predicted octanol–water partition coefficient (Wildman–Crippen LogP) is 4.01. The number of amides is 2. The van der Waals surface area contributed by atoms with Crippen LogP contribution in [0.3, 0.4) is 0 Å². The number of nitrogens with one attached hydrogen (secondary N) is 1. The highest BCUT2D eigenvalue weighted by atomic mass is 16.2. The van der Waals surface area contributed by atoms with E-state index in [2.05, 4.69) is 18.3 Å². The number of carbonyl (C=O) groups is 2. The molecular weight excluding hydrogens is 348 g/mol. The minimum Gasteiger partial charge on any atom is -0.350 e. The van der Waals surface area contributed by atoms with Crippen LogP contribution in [-0.4, -0.2) is 28.3 Å². The van der Waals surface area contributed by atoms with Gasteiger partial charge < -0.3 is 10.2 Å². The van der Waals surface area contributed by atoms with Gasteiger partial charge in [-0.15, -0.1) is 0 Å². The number of hydrogen-bond donors (Lipinski definition) is 1. The van der Waals surface area contributed by atoms with Gasteiger partial charge in [0.15, 0.2) is 0 Å². The third kappa shape index (κ3) is 3.21. The summed E-state index contributed by atoms with van der Waals surface area (Å²) < 4.78 is 0. The molecule has 2 amide bonds. The molecule has 4 rings (SSSR count). The Balaban J connectivity index is 1.64. The van der Waals surface area contributed by atoms with E-state index in [0.717, 1.165) is 47.9 Å². The molecule has 0 radical (unpaired) electrons. The van der Waals surface area contributed by atoms with Gasteiger partial charge in [0.2, 0.25) is 5.91 Å². The van der Waals surface area contributed by atoms with Crippen LogP contribution >= 0.6 is 0 Å². The first-order valence-corrected chi connectivity index (χ1v) is 10.2. The van der Waals surface area contributed by atoms with Gasteiger partial charge in [-0.05, 0) is 49.4 Å². The lowest BCUT2D eigenvalue weighted by Gasteiger charge is -2.47. The largest absolute Gasteiger partial charge is 0.350 e. The highest BCUT2D eigenvalue weighted by molar-refractivity contribution is 6.02. The molecule has 1 N–H and O–H groups in total. The van der Waals surface area contributed by atoms with Gasteiger partial charge in [-0.2, -0.15) is 0 Å². The number of nitrogens with zero attached hydrogens (tertiary/aromatic N) is 1. The van der Waals surface area contributed by atoms with Crippen LogP contribution in [0.5, 0.6) is 0 Å². The molecule has 1 heterocycles. The van der Waals surface area contributed by atoms with Gasteiger partial charge in [0.25, 0.3) is 5.91 Å². The molecule has 1 aliphatic heterocycles. The molecule has 2 aliphatic rings. The summed E-state index contributed by atoms with van der Waals surface area (Å²) in [5.41, 5.74) is 3.12. The summed E-state index contributed by atoms with van der Waals surface area (Å²) in [6, 6.07) is 15.9. The van der Waals surface area contributed by atoms with Crippen molar-refractivity contribution >= 4 is 11.8 Å². The van der Waals surface area contributed by atoms with Crippen LogP contribution in [0, 0.1) is 6.92 Å². The molecule has 0 saturated heterocycles. The maximum Gasteiger partial charge on any atom is 0.255 e. The fourth-order valence-electron chi connectivity index (χ4n) is 4.79. The van der Waals surface area contributed by atoms with Gasteiger partial charge in [0.05, 0.1) is 0 Å². The summed E-state index contributed by atoms with van der Waals surface area (Å²) in [6.07, 6.45) is 4.77. The molecule has 0 spiro atoms. The van der Waals surface area contributed by atoms with Crippen molar-refractivity contribution in [3.05, 3.63) is 70.8 Å². The SMILES string of the molecule is Cc1ccccc1CNC(=O)C1(C)Cc2ccccc2C(=O)N1C1CCCC1. The second-order valence-corrected chi connectivity index (χ2v) is 8.33. The van der Waals surface area contributed by atoms with Gasteiger partial charge in [-0.1, -0.05) is 55.3 Å². The number of fused-ring (bicyclic) bond motifs is 1. The Hall–Kier alpha value is -2.62. The predicted molar refractivity (Wildman–Crippen MR) is 110 cm³/mol. The van der Waals surface area contributed by atoms with E-state index in [-0.39, 0.29) is 17.9 Å². The summed E-state index contributed by atoms with van der Waals surface area (Å²) in [5, 5.41) is 3.12. The highest BCUT2D eigenvalue weighted by Crippen LogP contribution is 2.37. The van der Waals surface area contributed by atoms with Gasteiger partial charge in [0, 0.05) is 24.6 Å². The Kier molecular flexibility index (Phi) is 4.96. The first-order valence-electron chi connectivity index (χ1n) is 10.2. The first-order chi connectivity index (χ1) is 13.5. The molecule has 1 saturated carbocycles. The van der Waals surface area contributed by atoms with E-state index >= 15 is 0 Å². The van der Waals surface area contributed by atoms with E-state index < -0.39 is 5.54 Å². The van der Waals surface area contributed by atoms with E-state index in [1.807, 2.05) is 54.3 Å². The van der Waals surface area contributed by atoms with Gasteiger partial charge in [-0.25, -0.2) is 0 Å². The number of carbonyl (C=O) groups excluding carboxylic acids is 2. The van der Waals surface area contributed by atoms with Crippen molar-refractivity contribution in [2.24, 2.45) is 0 Å². The zero-order chi connectivity index (χ0) is 19.7. The third-order valence-corrected chi connectivity index (χ3v) is 6.41.